The SMILES string of the molecule is CCCNC(=O)c1nnc2c(-c3cc(C)ccc3OC)c(F)ccc2c1N. The van der Waals surface area contributed by atoms with Crippen molar-refractivity contribution in [2.75, 3.05) is 19.4 Å². The zero-order chi connectivity index (χ0) is 19.6. The fraction of sp³-hybridized carbons (Fsp3) is 0.250. The number of anilines is 1. The van der Waals surface area contributed by atoms with E-state index in [0.29, 0.717) is 23.2 Å². The number of nitrogens with two attached hydrogens (primary N) is 1. The first-order chi connectivity index (χ1) is 13.0. The molecule has 0 aliphatic carbocycles. The molecule has 0 fully saturated rings. The number of nitrogens with zero attached hydrogens (tertiary/aromatic N) is 2. The number of nitrogens with one attached hydrogen (secondary N) is 1. The van der Waals surface area contributed by atoms with Crippen molar-refractivity contribution in [2.24, 2.45) is 0 Å². The van der Waals surface area contributed by atoms with Gasteiger partial charge in [0.25, 0.3) is 5.91 Å². The van der Waals surface area contributed by atoms with Crippen LogP contribution in [0, 0.1) is 12.7 Å². The average molecular weight is 368 g/mol. The molecule has 1 heterocycles. The van der Waals surface area contributed by atoms with Crippen LogP contribution in [0.4, 0.5) is 10.1 Å². The molecule has 6 nitrogen and oxygen atoms in total. The van der Waals surface area contributed by atoms with Gasteiger partial charge in [-0.25, -0.2) is 4.39 Å². The maximum absolute atomic E-state index is 14.8. The van der Waals surface area contributed by atoms with E-state index in [2.05, 4.69) is 15.5 Å². The number of aryl methyl sites for hydroxylation is 1. The third-order valence-electron chi connectivity index (χ3n) is 4.30. The Bertz CT molecular complexity index is 1020. The molecule has 0 saturated heterocycles. The molecule has 1 amide bonds. The van der Waals surface area contributed by atoms with Gasteiger partial charge in [-0.15, -0.1) is 10.2 Å². The molecule has 3 aromatic rings. The number of ether oxygens (including phenoxy) is 1. The van der Waals surface area contributed by atoms with Crippen molar-refractivity contribution in [2.45, 2.75) is 20.3 Å². The Morgan fingerprint density at radius 2 is 2.04 bits per heavy atom. The van der Waals surface area contributed by atoms with Crippen molar-refractivity contribution < 1.29 is 13.9 Å². The molecule has 7 heteroatoms. The van der Waals surface area contributed by atoms with Gasteiger partial charge in [0, 0.05) is 23.1 Å². The van der Waals surface area contributed by atoms with Gasteiger partial charge < -0.3 is 15.8 Å². The minimum Gasteiger partial charge on any atom is -0.496 e. The predicted molar refractivity (Wildman–Crippen MR) is 103 cm³/mol. The van der Waals surface area contributed by atoms with Gasteiger partial charge in [0.1, 0.15) is 17.1 Å². The van der Waals surface area contributed by atoms with Crippen molar-refractivity contribution in [3.8, 4) is 16.9 Å². The van der Waals surface area contributed by atoms with Crippen molar-refractivity contribution in [3.05, 3.63) is 47.4 Å². The number of aromatic nitrogens is 2. The molecule has 0 aliphatic heterocycles. The minimum absolute atomic E-state index is 0.0321. The second-order valence-corrected chi connectivity index (χ2v) is 6.24. The molecule has 0 saturated carbocycles. The smallest absolute Gasteiger partial charge is 0.273 e. The maximum atomic E-state index is 14.8. The van der Waals surface area contributed by atoms with Crippen LogP contribution in [0.3, 0.4) is 0 Å². The molecule has 27 heavy (non-hydrogen) atoms. The van der Waals surface area contributed by atoms with Crippen LogP contribution in [0.15, 0.2) is 30.3 Å². The maximum Gasteiger partial charge on any atom is 0.273 e. The number of halogens is 1. The summed E-state index contributed by atoms with van der Waals surface area (Å²) < 4.78 is 20.2. The molecule has 140 valence electrons. The van der Waals surface area contributed by atoms with Crippen LogP contribution in [0.5, 0.6) is 5.75 Å². The summed E-state index contributed by atoms with van der Waals surface area (Å²) in [7, 11) is 1.52. The van der Waals surface area contributed by atoms with Crippen molar-refractivity contribution >= 4 is 22.5 Å². The van der Waals surface area contributed by atoms with E-state index in [1.165, 1.54) is 19.2 Å². The zero-order valence-corrected chi connectivity index (χ0v) is 15.5. The van der Waals surface area contributed by atoms with E-state index in [9.17, 15) is 9.18 Å². The molecular weight excluding hydrogens is 347 g/mol. The first-order valence-corrected chi connectivity index (χ1v) is 8.65. The first-order valence-electron chi connectivity index (χ1n) is 8.65. The van der Waals surface area contributed by atoms with Gasteiger partial charge in [0.2, 0.25) is 0 Å². The van der Waals surface area contributed by atoms with Crippen LogP contribution in [0.25, 0.3) is 22.0 Å². The number of rotatable bonds is 5. The topological polar surface area (TPSA) is 90.1 Å². The second kappa shape index (κ2) is 7.57. The number of carbonyl (C=O) groups is 1. The summed E-state index contributed by atoms with van der Waals surface area (Å²) in [6, 6.07) is 8.28. The first kappa shape index (κ1) is 18.6. The summed E-state index contributed by atoms with van der Waals surface area (Å²) in [6.45, 7) is 4.36. The lowest BCUT2D eigenvalue weighted by molar-refractivity contribution is 0.0949. The zero-order valence-electron chi connectivity index (χ0n) is 15.5. The number of hydrogen-bond acceptors (Lipinski definition) is 5. The van der Waals surface area contributed by atoms with Gasteiger partial charge in [-0.1, -0.05) is 18.6 Å². The van der Waals surface area contributed by atoms with Gasteiger partial charge >= 0.3 is 0 Å². The standard InChI is InChI=1S/C20H21FN4O2/c1-4-9-23-20(26)19-17(22)12-6-7-14(21)16(18(12)24-25-19)13-10-11(2)5-8-15(13)27-3/h5-8,10H,4,9H2,1-3H3,(H2,22,24)(H,23,26). The highest BCUT2D eigenvalue weighted by Crippen LogP contribution is 2.38. The van der Waals surface area contributed by atoms with Crippen LogP contribution < -0.4 is 15.8 Å². The Morgan fingerprint density at radius 3 is 2.74 bits per heavy atom. The number of nitrogen functional groups attached to an aromatic ring is 1. The number of benzene rings is 2. The van der Waals surface area contributed by atoms with Crippen molar-refractivity contribution in [3.63, 3.8) is 0 Å². The summed E-state index contributed by atoms with van der Waals surface area (Å²) >= 11 is 0. The van der Waals surface area contributed by atoms with Gasteiger partial charge in [-0.2, -0.15) is 0 Å². The van der Waals surface area contributed by atoms with Crippen molar-refractivity contribution in [1.82, 2.24) is 15.5 Å². The number of carbonyl (C=O) groups excluding carboxylic acids is 1. The van der Waals surface area contributed by atoms with E-state index >= 15 is 0 Å². The normalized spacial score (nSPS) is 10.8. The molecule has 0 radical (unpaired) electrons. The Balaban J connectivity index is 2.24. The van der Waals surface area contributed by atoms with E-state index in [0.717, 1.165) is 12.0 Å². The molecule has 1 aromatic heterocycles. The predicted octanol–water partition coefficient (Wildman–Crippen LogP) is 3.47. The Kier molecular flexibility index (Phi) is 5.21. The van der Waals surface area contributed by atoms with Crippen LogP contribution in [0.1, 0.15) is 29.4 Å². The second-order valence-electron chi connectivity index (χ2n) is 6.24. The van der Waals surface area contributed by atoms with Crippen LogP contribution in [-0.4, -0.2) is 29.8 Å². The highest BCUT2D eigenvalue weighted by molar-refractivity contribution is 6.08. The monoisotopic (exact) mass is 368 g/mol. The van der Waals surface area contributed by atoms with Gasteiger partial charge in [-0.3, -0.25) is 4.79 Å². The molecule has 0 spiro atoms. The van der Waals surface area contributed by atoms with Gasteiger partial charge in [-0.05, 0) is 37.6 Å². The molecular formula is C20H21FN4O2. The lowest BCUT2D eigenvalue weighted by atomic mass is 9.98. The average Bonchev–Trinajstić information content (AvgIpc) is 2.66. The Morgan fingerprint density at radius 1 is 1.26 bits per heavy atom. The Labute approximate surface area is 156 Å². The molecule has 0 aliphatic rings. The lowest BCUT2D eigenvalue weighted by Crippen LogP contribution is -2.26. The number of hydrogen-bond donors (Lipinski definition) is 2. The molecule has 0 bridgehead atoms. The quantitative estimate of drug-likeness (QED) is 0.720. The summed E-state index contributed by atoms with van der Waals surface area (Å²) in [6.07, 6.45) is 0.787. The number of amides is 1. The van der Waals surface area contributed by atoms with Crippen LogP contribution in [-0.2, 0) is 0 Å². The largest absolute Gasteiger partial charge is 0.496 e. The molecule has 2 aromatic carbocycles. The summed E-state index contributed by atoms with van der Waals surface area (Å²) in [5, 5.41) is 11.3. The molecule has 0 unspecified atom stereocenters. The van der Waals surface area contributed by atoms with Gasteiger partial charge in [0.05, 0.1) is 12.8 Å². The fourth-order valence-corrected chi connectivity index (χ4v) is 2.93. The third kappa shape index (κ3) is 3.40. The lowest BCUT2D eigenvalue weighted by Gasteiger charge is -2.14. The molecule has 3 rings (SSSR count). The van der Waals surface area contributed by atoms with E-state index in [-0.39, 0.29) is 22.5 Å². The number of fused-ring (bicyclic) bond motifs is 1. The van der Waals surface area contributed by atoms with Crippen molar-refractivity contribution in [1.29, 1.82) is 0 Å². The van der Waals surface area contributed by atoms with E-state index in [4.69, 9.17) is 10.5 Å². The molecule has 0 atom stereocenters. The highest BCUT2D eigenvalue weighted by atomic mass is 19.1. The summed E-state index contributed by atoms with van der Waals surface area (Å²) in [4.78, 5) is 12.2. The highest BCUT2D eigenvalue weighted by Gasteiger charge is 2.21. The van der Waals surface area contributed by atoms with Crippen LogP contribution >= 0.6 is 0 Å². The van der Waals surface area contributed by atoms with E-state index in [1.54, 1.807) is 6.07 Å². The number of methoxy groups -OCH3 is 1. The van der Waals surface area contributed by atoms with E-state index in [1.807, 2.05) is 26.0 Å². The van der Waals surface area contributed by atoms with E-state index < -0.39 is 11.7 Å². The third-order valence-corrected chi connectivity index (χ3v) is 4.30. The van der Waals surface area contributed by atoms with Crippen LogP contribution in [0.2, 0.25) is 0 Å². The summed E-state index contributed by atoms with van der Waals surface area (Å²) in [5.41, 5.74) is 8.39. The van der Waals surface area contributed by atoms with Gasteiger partial charge in [0.15, 0.2) is 5.69 Å². The molecule has 3 N–H and O–H groups in total. The fourth-order valence-electron chi connectivity index (χ4n) is 2.93. The Hall–Kier alpha value is -3.22. The summed E-state index contributed by atoms with van der Waals surface area (Å²) in [5.74, 6) is -0.358. The minimum atomic E-state index is -0.469.